The van der Waals surface area contributed by atoms with Crippen molar-refractivity contribution < 1.29 is 4.79 Å². The number of nitrogens with zero attached hydrogens (tertiary/aromatic N) is 4. The monoisotopic (exact) mass is 524 g/mol. The van der Waals surface area contributed by atoms with Gasteiger partial charge >= 0.3 is 0 Å². The van der Waals surface area contributed by atoms with Gasteiger partial charge in [-0.3, -0.25) is 14.8 Å². The molecule has 0 bridgehead atoms. The van der Waals surface area contributed by atoms with E-state index in [9.17, 15) is 4.79 Å². The second-order valence-corrected chi connectivity index (χ2v) is 10.1. The maximum atomic E-state index is 12.0. The number of anilines is 2. The lowest BCUT2D eigenvalue weighted by Crippen LogP contribution is -2.29. The highest BCUT2D eigenvalue weighted by molar-refractivity contribution is 7.80. The average molecular weight is 525 g/mol. The number of hydrogen-bond donors (Lipinski definition) is 2. The summed E-state index contributed by atoms with van der Waals surface area (Å²) in [5.41, 5.74) is 8.46. The van der Waals surface area contributed by atoms with Gasteiger partial charge in [-0.2, -0.15) is 0 Å². The Kier molecular flexibility index (Phi) is 7.24. The molecule has 1 amide bonds. The van der Waals surface area contributed by atoms with Gasteiger partial charge in [0.05, 0.1) is 17.8 Å². The summed E-state index contributed by atoms with van der Waals surface area (Å²) < 4.78 is 2.34. The lowest BCUT2D eigenvalue weighted by atomic mass is 9.96. The number of carbonyl (C=O) groups is 1. The molecule has 0 saturated carbocycles. The lowest BCUT2D eigenvalue weighted by molar-refractivity contribution is -0.115. The van der Waals surface area contributed by atoms with Crippen LogP contribution in [-0.2, 0) is 11.3 Å². The molecule has 5 rings (SSSR count). The fourth-order valence-electron chi connectivity index (χ4n) is 5.17. The van der Waals surface area contributed by atoms with Crippen molar-refractivity contribution in [1.82, 2.24) is 19.9 Å². The van der Waals surface area contributed by atoms with E-state index in [1.54, 1.807) is 0 Å². The SMILES string of the molecule is CCC(=O)Nc1ccc(N2C(=S)NC(c3ccccn3)C2c2cc(C)n(Cc3ccncc3)c2C)cc1C. The maximum absolute atomic E-state index is 12.0. The number of thiocarbonyl (C=S) groups is 1. The third kappa shape index (κ3) is 4.91. The zero-order valence-corrected chi connectivity index (χ0v) is 22.9. The molecule has 0 radical (unpaired) electrons. The van der Waals surface area contributed by atoms with E-state index in [0.717, 1.165) is 29.2 Å². The number of benzene rings is 1. The molecule has 1 aromatic carbocycles. The molecule has 38 heavy (non-hydrogen) atoms. The molecule has 0 spiro atoms. The molecular weight excluding hydrogens is 492 g/mol. The van der Waals surface area contributed by atoms with Crippen LogP contribution in [0.1, 0.15) is 59.2 Å². The number of amides is 1. The molecule has 2 N–H and O–H groups in total. The third-order valence-electron chi connectivity index (χ3n) is 7.20. The van der Waals surface area contributed by atoms with Gasteiger partial charge in [0.2, 0.25) is 5.91 Å². The van der Waals surface area contributed by atoms with Crippen LogP contribution in [0.3, 0.4) is 0 Å². The predicted molar refractivity (Wildman–Crippen MR) is 155 cm³/mol. The maximum Gasteiger partial charge on any atom is 0.224 e. The van der Waals surface area contributed by atoms with Gasteiger partial charge in [-0.25, -0.2) is 0 Å². The van der Waals surface area contributed by atoms with Crippen LogP contribution in [0.25, 0.3) is 0 Å². The van der Waals surface area contributed by atoms with Crippen molar-refractivity contribution in [2.45, 2.75) is 52.7 Å². The minimum absolute atomic E-state index is 0.00561. The van der Waals surface area contributed by atoms with E-state index in [1.807, 2.05) is 62.8 Å². The van der Waals surface area contributed by atoms with Gasteiger partial charge in [0.1, 0.15) is 0 Å². The van der Waals surface area contributed by atoms with Gasteiger partial charge in [0.25, 0.3) is 0 Å². The summed E-state index contributed by atoms with van der Waals surface area (Å²) in [7, 11) is 0. The van der Waals surface area contributed by atoms with Crippen LogP contribution in [0.5, 0.6) is 0 Å². The first kappa shape index (κ1) is 25.6. The van der Waals surface area contributed by atoms with Crippen LogP contribution in [0.2, 0.25) is 0 Å². The third-order valence-corrected chi connectivity index (χ3v) is 7.52. The Hall–Kier alpha value is -4.04. The molecule has 2 unspecified atom stereocenters. The van der Waals surface area contributed by atoms with Crippen LogP contribution in [-0.4, -0.2) is 25.6 Å². The van der Waals surface area contributed by atoms with Crippen LogP contribution in [0, 0.1) is 20.8 Å². The first-order valence-corrected chi connectivity index (χ1v) is 13.2. The quantitative estimate of drug-likeness (QED) is 0.299. The molecule has 194 valence electrons. The van der Waals surface area contributed by atoms with E-state index < -0.39 is 0 Å². The van der Waals surface area contributed by atoms with Crippen LogP contribution in [0.15, 0.2) is 73.2 Å². The molecular formula is C30H32N6OS. The molecule has 8 heteroatoms. The summed E-state index contributed by atoms with van der Waals surface area (Å²) in [4.78, 5) is 23.0. The van der Waals surface area contributed by atoms with Crippen LogP contribution < -0.4 is 15.5 Å². The molecule has 4 heterocycles. The molecule has 3 aromatic heterocycles. The Labute approximate surface area is 228 Å². The molecule has 4 aromatic rings. The zero-order valence-electron chi connectivity index (χ0n) is 22.1. The molecule has 1 saturated heterocycles. The minimum Gasteiger partial charge on any atom is -0.351 e. The summed E-state index contributed by atoms with van der Waals surface area (Å²) in [6.45, 7) is 8.94. The summed E-state index contributed by atoms with van der Waals surface area (Å²) in [6.07, 6.45) is 5.92. The second-order valence-electron chi connectivity index (χ2n) is 9.67. The highest BCUT2D eigenvalue weighted by Gasteiger charge is 2.42. The van der Waals surface area contributed by atoms with Gasteiger partial charge in [-0.15, -0.1) is 0 Å². The number of nitrogens with one attached hydrogen (secondary N) is 2. The van der Waals surface area contributed by atoms with Gasteiger partial charge in [-0.05, 0) is 98.2 Å². The molecule has 1 fully saturated rings. The van der Waals surface area contributed by atoms with Crippen molar-refractivity contribution in [2.75, 3.05) is 10.2 Å². The second kappa shape index (κ2) is 10.8. The molecule has 2 atom stereocenters. The zero-order chi connectivity index (χ0) is 26.8. The Morgan fingerprint density at radius 1 is 1.05 bits per heavy atom. The van der Waals surface area contributed by atoms with E-state index in [-0.39, 0.29) is 18.0 Å². The Morgan fingerprint density at radius 3 is 2.53 bits per heavy atom. The van der Waals surface area contributed by atoms with Gasteiger partial charge in [0, 0.05) is 54.3 Å². The molecule has 1 aliphatic heterocycles. The van der Waals surface area contributed by atoms with Gasteiger partial charge in [0.15, 0.2) is 5.11 Å². The fourth-order valence-corrected chi connectivity index (χ4v) is 5.51. The average Bonchev–Trinajstić information content (AvgIpc) is 3.41. The summed E-state index contributed by atoms with van der Waals surface area (Å²) in [5.74, 6) is -0.00561. The van der Waals surface area contributed by atoms with Crippen molar-refractivity contribution in [3.63, 3.8) is 0 Å². The highest BCUT2D eigenvalue weighted by atomic mass is 32.1. The van der Waals surface area contributed by atoms with Gasteiger partial charge in [-0.1, -0.05) is 13.0 Å². The fraction of sp³-hybridized carbons (Fsp3) is 0.267. The molecule has 0 aliphatic carbocycles. The molecule has 7 nitrogen and oxygen atoms in total. The summed E-state index contributed by atoms with van der Waals surface area (Å²) in [5, 5.41) is 7.19. The predicted octanol–water partition coefficient (Wildman–Crippen LogP) is 5.78. The van der Waals surface area contributed by atoms with Crippen molar-refractivity contribution in [3.8, 4) is 0 Å². The van der Waals surface area contributed by atoms with E-state index in [0.29, 0.717) is 11.5 Å². The standard InChI is InChI=1S/C30H32N6OS/c1-5-27(37)33-25-10-9-23(16-19(25)2)36-29(28(34-30(36)38)26-8-6-7-13-32-26)24-17-20(3)35(21(24)4)18-22-11-14-31-15-12-22/h6-17,28-29H,5,18H2,1-4H3,(H,33,37)(H,34,38). The topological polar surface area (TPSA) is 75.1 Å². The molecule has 1 aliphatic rings. The number of pyridine rings is 2. The number of rotatable bonds is 7. The normalized spacial score (nSPS) is 16.9. The van der Waals surface area contributed by atoms with Crippen LogP contribution in [0.4, 0.5) is 11.4 Å². The smallest absolute Gasteiger partial charge is 0.224 e. The van der Waals surface area contributed by atoms with Crippen molar-refractivity contribution in [2.24, 2.45) is 0 Å². The number of aryl methyl sites for hydroxylation is 2. The Balaban J connectivity index is 1.59. The number of carbonyl (C=O) groups excluding carboxylic acids is 1. The Bertz CT molecular complexity index is 1470. The van der Waals surface area contributed by atoms with Crippen molar-refractivity contribution in [3.05, 3.63) is 107 Å². The van der Waals surface area contributed by atoms with E-state index in [2.05, 4.69) is 68.2 Å². The number of aromatic nitrogens is 3. The number of hydrogen-bond acceptors (Lipinski definition) is 4. The lowest BCUT2D eigenvalue weighted by Gasteiger charge is -2.29. The van der Waals surface area contributed by atoms with Gasteiger partial charge < -0.3 is 20.1 Å². The van der Waals surface area contributed by atoms with Crippen molar-refractivity contribution >= 4 is 34.6 Å². The first-order chi connectivity index (χ1) is 18.4. The Morgan fingerprint density at radius 2 is 1.84 bits per heavy atom. The minimum atomic E-state index is -0.127. The first-order valence-electron chi connectivity index (χ1n) is 12.8. The van der Waals surface area contributed by atoms with Crippen LogP contribution >= 0.6 is 12.2 Å². The van der Waals surface area contributed by atoms with E-state index in [1.165, 1.54) is 22.5 Å². The summed E-state index contributed by atoms with van der Waals surface area (Å²) in [6, 6.07) is 18.2. The summed E-state index contributed by atoms with van der Waals surface area (Å²) >= 11 is 5.93. The van der Waals surface area contributed by atoms with E-state index in [4.69, 9.17) is 12.2 Å². The van der Waals surface area contributed by atoms with E-state index >= 15 is 0 Å². The largest absolute Gasteiger partial charge is 0.351 e. The highest BCUT2D eigenvalue weighted by Crippen LogP contribution is 2.44. The van der Waals surface area contributed by atoms with Crippen molar-refractivity contribution in [1.29, 1.82) is 0 Å².